The van der Waals surface area contributed by atoms with Gasteiger partial charge in [-0.3, -0.25) is 4.79 Å². The molecular weight excluding hydrogens is 553 g/mol. The Morgan fingerprint density at radius 2 is 1.71 bits per heavy atom. The molecule has 2 saturated heterocycles. The second-order valence-electron chi connectivity index (χ2n) is 9.79. The predicted molar refractivity (Wildman–Crippen MR) is 147 cm³/mol. The molecule has 2 aromatic rings. The lowest BCUT2D eigenvalue weighted by atomic mass is 9.93. The Labute approximate surface area is 228 Å². The Bertz CT molecular complexity index is 1450. The van der Waals surface area contributed by atoms with E-state index in [4.69, 9.17) is 11.6 Å². The summed E-state index contributed by atoms with van der Waals surface area (Å²) >= 11 is 6.45. The van der Waals surface area contributed by atoms with Crippen molar-refractivity contribution < 1.29 is 26.0 Å². The molecule has 1 N–H and O–H groups in total. The molecule has 2 aliphatic heterocycles. The molecule has 2 aromatic carbocycles. The predicted octanol–water partition coefficient (Wildman–Crippen LogP) is 3.77. The molecular formula is C26H31ClFN3O5S2. The van der Waals surface area contributed by atoms with Gasteiger partial charge in [0, 0.05) is 78.6 Å². The standard InChI is InChI=1S/C26H31ClFN3O5S2/c1-19(10-17-37(2,33)34)29-25(32)26(28)11-15-31(16-12-26)38(35,36)24-9-8-20(30-13-5-14-30)18-22(24)21-6-3-4-7-23(21)27/h3-4,6-10,17-19H,5,11-16H2,1-2H3,(H,29,32)/b17-10-/t19-/m1/s1. The van der Waals surface area contributed by atoms with Crippen molar-refractivity contribution in [3.05, 3.63) is 59.0 Å². The minimum absolute atomic E-state index is 0.0743. The summed E-state index contributed by atoms with van der Waals surface area (Å²) in [6.45, 7) is 2.95. The van der Waals surface area contributed by atoms with Crippen LogP contribution in [0, 0.1) is 0 Å². The smallest absolute Gasteiger partial charge is 0.258 e. The first kappa shape index (κ1) is 28.5. The van der Waals surface area contributed by atoms with Gasteiger partial charge in [-0.2, -0.15) is 4.31 Å². The molecule has 2 aliphatic rings. The number of hydrogen-bond donors (Lipinski definition) is 1. The highest BCUT2D eigenvalue weighted by molar-refractivity contribution is 7.93. The normalized spacial score (nSPS) is 19.2. The van der Waals surface area contributed by atoms with Crippen molar-refractivity contribution >= 4 is 43.1 Å². The summed E-state index contributed by atoms with van der Waals surface area (Å²) in [4.78, 5) is 14.9. The van der Waals surface area contributed by atoms with Gasteiger partial charge in [-0.25, -0.2) is 21.2 Å². The van der Waals surface area contributed by atoms with Crippen LogP contribution in [0.5, 0.6) is 0 Å². The van der Waals surface area contributed by atoms with Crippen LogP contribution in [-0.2, 0) is 24.7 Å². The average Bonchev–Trinajstić information content (AvgIpc) is 2.82. The van der Waals surface area contributed by atoms with Crippen molar-refractivity contribution in [1.82, 2.24) is 9.62 Å². The number of anilines is 1. The molecule has 2 heterocycles. The van der Waals surface area contributed by atoms with Gasteiger partial charge < -0.3 is 10.2 Å². The van der Waals surface area contributed by atoms with Crippen molar-refractivity contribution in [2.75, 3.05) is 37.3 Å². The summed E-state index contributed by atoms with van der Waals surface area (Å²) < 4.78 is 66.9. The number of benzene rings is 2. The van der Waals surface area contributed by atoms with Gasteiger partial charge in [-0.05, 0) is 37.6 Å². The highest BCUT2D eigenvalue weighted by Crippen LogP contribution is 2.39. The van der Waals surface area contributed by atoms with Crippen LogP contribution < -0.4 is 10.2 Å². The van der Waals surface area contributed by atoms with Crippen molar-refractivity contribution in [1.29, 1.82) is 0 Å². The molecule has 0 aliphatic carbocycles. The largest absolute Gasteiger partial charge is 0.371 e. The number of piperidine rings is 1. The van der Waals surface area contributed by atoms with Gasteiger partial charge >= 0.3 is 0 Å². The fourth-order valence-corrected chi connectivity index (χ4v) is 6.88. The lowest BCUT2D eigenvalue weighted by molar-refractivity contribution is -0.135. The maximum absolute atomic E-state index is 15.6. The van der Waals surface area contributed by atoms with E-state index in [1.54, 1.807) is 36.4 Å². The first-order valence-electron chi connectivity index (χ1n) is 12.3. The van der Waals surface area contributed by atoms with Crippen LogP contribution >= 0.6 is 11.6 Å². The molecule has 0 spiro atoms. The number of hydrogen-bond acceptors (Lipinski definition) is 6. The summed E-state index contributed by atoms with van der Waals surface area (Å²) in [7, 11) is -7.42. The third-order valence-corrected chi connectivity index (χ3v) is 9.80. The van der Waals surface area contributed by atoms with Crippen LogP contribution in [0.15, 0.2) is 58.8 Å². The fraction of sp³-hybridized carbons (Fsp3) is 0.423. The third kappa shape index (κ3) is 6.22. The molecule has 12 heteroatoms. The Kier molecular flexibility index (Phi) is 8.23. The zero-order chi connectivity index (χ0) is 27.7. The molecule has 0 saturated carbocycles. The zero-order valence-electron chi connectivity index (χ0n) is 21.2. The first-order chi connectivity index (χ1) is 17.8. The number of amides is 1. The Balaban J connectivity index is 1.55. The van der Waals surface area contributed by atoms with Gasteiger partial charge in [0.15, 0.2) is 15.5 Å². The number of carbonyl (C=O) groups is 1. The second-order valence-corrected chi connectivity index (χ2v) is 14.0. The number of rotatable bonds is 8. The quantitative estimate of drug-likeness (QED) is 0.507. The van der Waals surface area contributed by atoms with Gasteiger partial charge in [0.25, 0.3) is 5.91 Å². The average molecular weight is 584 g/mol. The maximum Gasteiger partial charge on any atom is 0.258 e. The minimum Gasteiger partial charge on any atom is -0.371 e. The van der Waals surface area contributed by atoms with Crippen LogP contribution in [0.2, 0.25) is 5.02 Å². The Morgan fingerprint density at radius 3 is 2.29 bits per heavy atom. The first-order valence-corrected chi connectivity index (χ1v) is 16.1. The van der Waals surface area contributed by atoms with Crippen LogP contribution in [0.25, 0.3) is 11.1 Å². The molecule has 0 bridgehead atoms. The number of carbonyl (C=O) groups excluding carboxylic acids is 1. The summed E-state index contributed by atoms with van der Waals surface area (Å²) in [5, 5.41) is 3.82. The van der Waals surface area contributed by atoms with E-state index in [9.17, 15) is 21.6 Å². The number of nitrogens with zero attached hydrogens (tertiary/aromatic N) is 2. The van der Waals surface area contributed by atoms with E-state index in [2.05, 4.69) is 10.2 Å². The van der Waals surface area contributed by atoms with Gasteiger partial charge in [0.1, 0.15) is 0 Å². The van der Waals surface area contributed by atoms with Crippen LogP contribution in [0.1, 0.15) is 26.2 Å². The molecule has 2 fully saturated rings. The maximum atomic E-state index is 15.6. The van der Waals surface area contributed by atoms with Crippen molar-refractivity contribution in [2.24, 2.45) is 0 Å². The van der Waals surface area contributed by atoms with E-state index in [-0.39, 0.29) is 30.8 Å². The van der Waals surface area contributed by atoms with Crippen LogP contribution in [0.4, 0.5) is 10.1 Å². The molecule has 38 heavy (non-hydrogen) atoms. The summed E-state index contributed by atoms with van der Waals surface area (Å²) in [6, 6.07) is 11.5. The van der Waals surface area contributed by atoms with Crippen molar-refractivity contribution in [3.63, 3.8) is 0 Å². The van der Waals surface area contributed by atoms with E-state index in [1.807, 2.05) is 6.07 Å². The van der Waals surface area contributed by atoms with E-state index >= 15 is 4.39 Å². The topological polar surface area (TPSA) is 104 Å². The monoisotopic (exact) mass is 583 g/mol. The Morgan fingerprint density at radius 1 is 1.05 bits per heavy atom. The molecule has 8 nitrogen and oxygen atoms in total. The SMILES string of the molecule is C[C@H](/C=C\S(C)(=O)=O)NC(=O)C1(F)CCN(S(=O)(=O)c2ccc(N3CCC3)cc2-c2ccccc2Cl)CC1. The highest BCUT2D eigenvalue weighted by Gasteiger charge is 2.45. The lowest BCUT2D eigenvalue weighted by Gasteiger charge is -2.36. The number of alkyl halides is 1. The Hall–Kier alpha value is -2.47. The number of halogens is 2. The van der Waals surface area contributed by atoms with Crippen molar-refractivity contribution in [3.8, 4) is 11.1 Å². The number of nitrogens with one attached hydrogen (secondary N) is 1. The molecule has 0 unspecified atom stereocenters. The van der Waals surface area contributed by atoms with Gasteiger partial charge in [0.05, 0.1) is 4.90 Å². The molecule has 0 radical (unpaired) electrons. The van der Waals surface area contributed by atoms with E-state index in [1.165, 1.54) is 17.3 Å². The number of sulfone groups is 1. The van der Waals surface area contributed by atoms with E-state index in [0.29, 0.717) is 16.1 Å². The molecule has 1 amide bonds. The fourth-order valence-electron chi connectivity index (χ4n) is 4.50. The molecule has 206 valence electrons. The highest BCUT2D eigenvalue weighted by atomic mass is 35.5. The molecule has 4 rings (SSSR count). The lowest BCUT2D eigenvalue weighted by Crippen LogP contribution is -2.53. The number of sulfonamides is 1. The zero-order valence-corrected chi connectivity index (χ0v) is 23.6. The summed E-state index contributed by atoms with van der Waals surface area (Å²) in [5.74, 6) is -0.893. The summed E-state index contributed by atoms with van der Waals surface area (Å²) in [5.41, 5.74) is -0.308. The van der Waals surface area contributed by atoms with Gasteiger partial charge in [0.2, 0.25) is 10.0 Å². The molecule has 0 aromatic heterocycles. The van der Waals surface area contributed by atoms with E-state index in [0.717, 1.165) is 36.9 Å². The van der Waals surface area contributed by atoms with Gasteiger partial charge in [-0.15, -0.1) is 0 Å². The summed E-state index contributed by atoms with van der Waals surface area (Å²) in [6.07, 6.45) is 2.69. The van der Waals surface area contributed by atoms with Crippen LogP contribution in [0.3, 0.4) is 0 Å². The van der Waals surface area contributed by atoms with Crippen LogP contribution in [-0.4, -0.2) is 71.2 Å². The van der Waals surface area contributed by atoms with Crippen molar-refractivity contribution in [2.45, 2.75) is 42.8 Å². The third-order valence-electron chi connectivity index (χ3n) is 6.86. The molecule has 1 atom stereocenters. The van der Waals surface area contributed by atoms with Gasteiger partial charge in [-0.1, -0.05) is 35.9 Å². The second kappa shape index (κ2) is 11.0. The minimum atomic E-state index is -4.03. The van der Waals surface area contributed by atoms with E-state index < -0.39 is 37.5 Å².